The minimum atomic E-state index is -3.45. The van der Waals surface area contributed by atoms with Crippen molar-refractivity contribution in [1.29, 1.82) is 0 Å². The Morgan fingerprint density at radius 1 is 1.25 bits per heavy atom. The van der Waals surface area contributed by atoms with Crippen molar-refractivity contribution in [3.05, 3.63) is 29.3 Å². The number of aryl methyl sites for hydroxylation is 1. The van der Waals surface area contributed by atoms with Gasteiger partial charge in [0, 0.05) is 12.6 Å². The molecule has 0 spiro atoms. The number of rotatable bonds is 7. The first-order valence-corrected chi connectivity index (χ1v) is 8.56. The Morgan fingerprint density at radius 2 is 1.90 bits per heavy atom. The first kappa shape index (κ1) is 17.1. The van der Waals surface area contributed by atoms with E-state index in [2.05, 4.69) is 23.9 Å². The highest BCUT2D eigenvalue weighted by Gasteiger charge is 2.20. The summed E-state index contributed by atoms with van der Waals surface area (Å²) >= 11 is 0. The molecule has 0 amide bonds. The van der Waals surface area contributed by atoms with E-state index in [4.69, 9.17) is 0 Å². The van der Waals surface area contributed by atoms with Crippen LogP contribution in [-0.2, 0) is 16.6 Å². The summed E-state index contributed by atoms with van der Waals surface area (Å²) < 4.78 is 27.6. The van der Waals surface area contributed by atoms with E-state index in [0.29, 0.717) is 17.4 Å². The van der Waals surface area contributed by atoms with Crippen LogP contribution in [0.1, 0.15) is 38.3 Å². The molecule has 0 radical (unpaired) electrons. The van der Waals surface area contributed by atoms with E-state index in [1.807, 2.05) is 27.0 Å². The SMILES string of the molecule is CCC(C)C(C)NS(=O)(=O)c1ccc(C)c(CNC)c1. The molecule has 5 heteroatoms. The highest BCUT2D eigenvalue weighted by atomic mass is 32.2. The van der Waals surface area contributed by atoms with Crippen LogP contribution in [0.2, 0.25) is 0 Å². The molecule has 0 bridgehead atoms. The zero-order chi connectivity index (χ0) is 15.3. The monoisotopic (exact) mass is 298 g/mol. The van der Waals surface area contributed by atoms with Crippen LogP contribution in [0.4, 0.5) is 0 Å². The van der Waals surface area contributed by atoms with E-state index >= 15 is 0 Å². The third-order valence-corrected chi connectivity index (χ3v) is 5.39. The molecule has 114 valence electrons. The van der Waals surface area contributed by atoms with Crippen molar-refractivity contribution in [2.45, 2.75) is 51.6 Å². The zero-order valence-corrected chi connectivity index (χ0v) is 13.8. The van der Waals surface area contributed by atoms with Gasteiger partial charge < -0.3 is 5.32 Å². The summed E-state index contributed by atoms with van der Waals surface area (Å²) in [5.74, 6) is 0.312. The van der Waals surface area contributed by atoms with Crippen molar-refractivity contribution in [2.75, 3.05) is 7.05 Å². The molecule has 2 unspecified atom stereocenters. The van der Waals surface area contributed by atoms with Crippen molar-refractivity contribution in [2.24, 2.45) is 5.92 Å². The summed E-state index contributed by atoms with van der Waals surface area (Å²) in [5, 5.41) is 3.06. The average Bonchev–Trinajstić information content (AvgIpc) is 2.39. The lowest BCUT2D eigenvalue weighted by molar-refractivity contribution is 0.434. The van der Waals surface area contributed by atoms with Crippen LogP contribution in [0.15, 0.2) is 23.1 Å². The number of sulfonamides is 1. The van der Waals surface area contributed by atoms with Crippen molar-refractivity contribution >= 4 is 10.0 Å². The summed E-state index contributed by atoms with van der Waals surface area (Å²) in [6.07, 6.45) is 0.947. The molecule has 1 rings (SSSR count). The highest BCUT2D eigenvalue weighted by Crippen LogP contribution is 2.17. The Kier molecular flexibility index (Phi) is 6.17. The Labute approximate surface area is 123 Å². The van der Waals surface area contributed by atoms with Crippen LogP contribution in [0.25, 0.3) is 0 Å². The van der Waals surface area contributed by atoms with E-state index in [1.54, 1.807) is 12.1 Å². The third kappa shape index (κ3) is 4.30. The first-order valence-electron chi connectivity index (χ1n) is 7.08. The van der Waals surface area contributed by atoms with Gasteiger partial charge in [0.25, 0.3) is 0 Å². The molecular weight excluding hydrogens is 272 g/mol. The van der Waals surface area contributed by atoms with E-state index < -0.39 is 10.0 Å². The number of hydrogen-bond donors (Lipinski definition) is 2. The van der Waals surface area contributed by atoms with Crippen molar-refractivity contribution < 1.29 is 8.42 Å². The van der Waals surface area contributed by atoms with Gasteiger partial charge in [0.1, 0.15) is 0 Å². The molecule has 0 saturated heterocycles. The van der Waals surface area contributed by atoms with Crippen molar-refractivity contribution in [3.8, 4) is 0 Å². The second-order valence-electron chi connectivity index (χ2n) is 5.41. The van der Waals surface area contributed by atoms with E-state index in [0.717, 1.165) is 17.5 Å². The summed E-state index contributed by atoms with van der Waals surface area (Å²) in [4.78, 5) is 0.337. The topological polar surface area (TPSA) is 58.2 Å². The summed E-state index contributed by atoms with van der Waals surface area (Å²) in [7, 11) is -1.60. The molecule has 0 fully saturated rings. The van der Waals surface area contributed by atoms with Crippen LogP contribution >= 0.6 is 0 Å². The standard InChI is InChI=1S/C15H26N2O2S/c1-6-11(2)13(4)17-20(18,19)15-8-7-12(3)14(9-15)10-16-5/h7-9,11,13,16-17H,6,10H2,1-5H3. The van der Waals surface area contributed by atoms with Crippen LogP contribution in [0, 0.1) is 12.8 Å². The molecule has 1 aromatic carbocycles. The minimum absolute atomic E-state index is 0.0703. The lowest BCUT2D eigenvalue weighted by Gasteiger charge is -2.20. The van der Waals surface area contributed by atoms with E-state index in [9.17, 15) is 8.42 Å². The Balaban J connectivity index is 3.01. The summed E-state index contributed by atoms with van der Waals surface area (Å²) in [6, 6.07) is 5.20. The molecule has 1 aromatic rings. The van der Waals surface area contributed by atoms with Gasteiger partial charge in [0.15, 0.2) is 0 Å². The quantitative estimate of drug-likeness (QED) is 0.813. The fourth-order valence-corrected chi connectivity index (χ4v) is 3.38. The molecule has 2 atom stereocenters. The molecular formula is C15H26N2O2S. The zero-order valence-electron chi connectivity index (χ0n) is 13.0. The average molecular weight is 298 g/mol. The number of nitrogens with one attached hydrogen (secondary N) is 2. The Bertz CT molecular complexity index is 541. The maximum atomic E-state index is 12.4. The van der Waals surface area contributed by atoms with Gasteiger partial charge in [0.2, 0.25) is 10.0 Å². The largest absolute Gasteiger partial charge is 0.316 e. The number of hydrogen-bond acceptors (Lipinski definition) is 3. The smallest absolute Gasteiger partial charge is 0.240 e. The minimum Gasteiger partial charge on any atom is -0.316 e. The molecule has 0 heterocycles. The molecule has 4 nitrogen and oxygen atoms in total. The molecule has 0 aliphatic rings. The third-order valence-electron chi connectivity index (χ3n) is 3.84. The van der Waals surface area contributed by atoms with Gasteiger partial charge in [-0.3, -0.25) is 0 Å². The van der Waals surface area contributed by atoms with Gasteiger partial charge >= 0.3 is 0 Å². The Hall–Kier alpha value is -0.910. The van der Waals surface area contributed by atoms with Crippen molar-refractivity contribution in [1.82, 2.24) is 10.0 Å². The van der Waals surface area contributed by atoms with Crippen LogP contribution in [0.5, 0.6) is 0 Å². The van der Waals surface area contributed by atoms with Crippen LogP contribution in [-0.4, -0.2) is 21.5 Å². The van der Waals surface area contributed by atoms with Gasteiger partial charge in [-0.2, -0.15) is 0 Å². The lowest BCUT2D eigenvalue weighted by atomic mass is 10.0. The van der Waals surface area contributed by atoms with Crippen molar-refractivity contribution in [3.63, 3.8) is 0 Å². The summed E-state index contributed by atoms with van der Waals surface area (Å²) in [5.41, 5.74) is 2.10. The van der Waals surface area contributed by atoms with Gasteiger partial charge in [-0.1, -0.05) is 26.3 Å². The maximum absolute atomic E-state index is 12.4. The molecule has 0 aromatic heterocycles. The Morgan fingerprint density at radius 3 is 2.45 bits per heavy atom. The fraction of sp³-hybridized carbons (Fsp3) is 0.600. The highest BCUT2D eigenvalue weighted by molar-refractivity contribution is 7.89. The molecule has 0 aliphatic heterocycles. The maximum Gasteiger partial charge on any atom is 0.240 e. The number of benzene rings is 1. The normalized spacial score (nSPS) is 15.1. The fourth-order valence-electron chi connectivity index (χ4n) is 1.98. The van der Waals surface area contributed by atoms with Crippen LogP contribution < -0.4 is 10.0 Å². The predicted molar refractivity (Wildman–Crippen MR) is 83.2 cm³/mol. The van der Waals surface area contributed by atoms with E-state index in [1.165, 1.54) is 0 Å². The van der Waals surface area contributed by atoms with Gasteiger partial charge in [0.05, 0.1) is 4.90 Å². The predicted octanol–water partition coefficient (Wildman–Crippen LogP) is 2.43. The van der Waals surface area contributed by atoms with Crippen LogP contribution in [0.3, 0.4) is 0 Å². The second kappa shape index (κ2) is 7.20. The second-order valence-corrected chi connectivity index (χ2v) is 7.13. The van der Waals surface area contributed by atoms with Gasteiger partial charge in [-0.25, -0.2) is 13.1 Å². The molecule has 0 aliphatic carbocycles. The van der Waals surface area contributed by atoms with Gasteiger partial charge in [-0.05, 0) is 50.1 Å². The van der Waals surface area contributed by atoms with E-state index in [-0.39, 0.29) is 6.04 Å². The van der Waals surface area contributed by atoms with Gasteiger partial charge in [-0.15, -0.1) is 0 Å². The molecule has 2 N–H and O–H groups in total. The lowest BCUT2D eigenvalue weighted by Crippen LogP contribution is -2.36. The summed E-state index contributed by atoms with van der Waals surface area (Å²) in [6.45, 7) is 8.67. The first-order chi connectivity index (χ1) is 9.31. The molecule has 0 saturated carbocycles. The molecule has 20 heavy (non-hydrogen) atoms.